The van der Waals surface area contributed by atoms with Crippen molar-refractivity contribution in [3.8, 4) is 28.0 Å². The minimum Gasteiger partial charge on any atom is -0.427 e. The maximum atomic E-state index is 14.7. The third kappa shape index (κ3) is 9.01. The van der Waals surface area contributed by atoms with E-state index in [0.717, 1.165) is 73.6 Å². The number of rotatable bonds is 14. The summed E-state index contributed by atoms with van der Waals surface area (Å²) in [6.45, 7) is 10.8. The van der Waals surface area contributed by atoms with E-state index < -0.39 is 0 Å². The monoisotopic (exact) mass is 545 g/mol. The van der Waals surface area contributed by atoms with Gasteiger partial charge in [-0.05, 0) is 78.1 Å². The van der Waals surface area contributed by atoms with Crippen LogP contribution in [0.15, 0.2) is 104 Å². The molecule has 3 nitrogen and oxygen atoms in total. The first-order chi connectivity index (χ1) is 20.1. The summed E-state index contributed by atoms with van der Waals surface area (Å²) < 4.78 is 20.2. The molecule has 41 heavy (non-hydrogen) atoms. The Hall–Kier alpha value is -4.49. The zero-order chi connectivity index (χ0) is 28.9. The van der Waals surface area contributed by atoms with Crippen molar-refractivity contribution in [2.24, 2.45) is 0 Å². The Labute approximate surface area is 243 Å². The second kappa shape index (κ2) is 15.3. The quantitative estimate of drug-likeness (QED) is 0.0519. The van der Waals surface area contributed by atoms with E-state index in [1.165, 1.54) is 5.56 Å². The topological polar surface area (TPSA) is 30.7 Å². The van der Waals surface area contributed by atoms with E-state index in [9.17, 15) is 9.18 Å². The van der Waals surface area contributed by atoms with Crippen LogP contribution in [-0.4, -0.2) is 5.97 Å². The summed E-state index contributed by atoms with van der Waals surface area (Å²) in [5, 5.41) is 0. The van der Waals surface area contributed by atoms with Gasteiger partial charge in [0.15, 0.2) is 5.69 Å². The van der Waals surface area contributed by atoms with Crippen LogP contribution >= 0.6 is 0 Å². The number of aryl methyl sites for hydroxylation is 2. The molecular formula is C37H36FNO2. The summed E-state index contributed by atoms with van der Waals surface area (Å²) >= 11 is 0. The lowest BCUT2D eigenvalue weighted by Crippen LogP contribution is -2.07. The number of ether oxygens (including phenoxy) is 1. The normalized spacial score (nSPS) is 10.6. The number of hydrogen-bond donors (Lipinski definition) is 0. The Balaban J connectivity index is 1.11. The largest absolute Gasteiger partial charge is 0.427 e. The van der Waals surface area contributed by atoms with Gasteiger partial charge in [-0.3, -0.25) is 4.79 Å². The zero-order valence-electron chi connectivity index (χ0n) is 23.5. The molecule has 0 spiro atoms. The molecule has 208 valence electrons. The molecule has 0 atom stereocenters. The summed E-state index contributed by atoms with van der Waals surface area (Å²) in [6, 6.07) is 28.6. The predicted octanol–water partition coefficient (Wildman–Crippen LogP) is 10.3. The Morgan fingerprint density at radius 3 is 2.02 bits per heavy atom. The molecule has 0 bridgehead atoms. The van der Waals surface area contributed by atoms with Crippen LogP contribution in [0.4, 0.5) is 10.1 Å². The molecule has 0 aromatic heterocycles. The Kier molecular flexibility index (Phi) is 11.0. The molecule has 4 aromatic carbocycles. The molecule has 0 amide bonds. The summed E-state index contributed by atoms with van der Waals surface area (Å²) in [5.74, 6) is 0.128. The maximum absolute atomic E-state index is 14.7. The third-order valence-electron chi connectivity index (χ3n) is 7.20. The lowest BCUT2D eigenvalue weighted by atomic mass is 10.00. The van der Waals surface area contributed by atoms with Crippen molar-refractivity contribution in [2.75, 3.05) is 0 Å². The van der Waals surface area contributed by atoms with Crippen molar-refractivity contribution in [3.05, 3.63) is 132 Å². The van der Waals surface area contributed by atoms with Crippen LogP contribution in [0.25, 0.3) is 27.1 Å². The zero-order valence-corrected chi connectivity index (χ0v) is 23.5. The van der Waals surface area contributed by atoms with Crippen molar-refractivity contribution in [3.63, 3.8) is 0 Å². The number of carbonyl (C=O) groups excluding carboxylic acids is 1. The molecule has 0 saturated carbocycles. The van der Waals surface area contributed by atoms with Gasteiger partial charge in [0.2, 0.25) is 0 Å². The number of hydrogen-bond acceptors (Lipinski definition) is 2. The lowest BCUT2D eigenvalue weighted by molar-refractivity contribution is -0.134. The fourth-order valence-electron chi connectivity index (χ4n) is 4.82. The highest BCUT2D eigenvalue weighted by Gasteiger charge is 2.08. The second-order valence-electron chi connectivity index (χ2n) is 10.3. The van der Waals surface area contributed by atoms with Gasteiger partial charge in [0, 0.05) is 12.0 Å². The highest BCUT2D eigenvalue weighted by atomic mass is 19.1. The van der Waals surface area contributed by atoms with Crippen LogP contribution in [0.3, 0.4) is 0 Å². The molecule has 0 fully saturated rings. The van der Waals surface area contributed by atoms with E-state index in [2.05, 4.69) is 35.7 Å². The van der Waals surface area contributed by atoms with Crippen molar-refractivity contribution >= 4 is 11.7 Å². The lowest BCUT2D eigenvalue weighted by Gasteiger charge is -2.08. The molecule has 0 N–H and O–H groups in total. The van der Waals surface area contributed by atoms with Gasteiger partial charge in [0.05, 0.1) is 6.57 Å². The van der Waals surface area contributed by atoms with Crippen LogP contribution in [0.1, 0.15) is 56.1 Å². The maximum Gasteiger partial charge on any atom is 0.311 e. The van der Waals surface area contributed by atoms with E-state index in [-0.39, 0.29) is 11.8 Å². The van der Waals surface area contributed by atoms with Gasteiger partial charge >= 0.3 is 5.97 Å². The van der Waals surface area contributed by atoms with E-state index in [1.54, 1.807) is 30.3 Å². The number of unbranched alkanes of at least 4 members (excludes halogenated alkanes) is 4. The number of benzene rings is 4. The highest BCUT2D eigenvalue weighted by molar-refractivity contribution is 5.73. The molecule has 0 radical (unpaired) electrons. The van der Waals surface area contributed by atoms with E-state index >= 15 is 0 Å². The van der Waals surface area contributed by atoms with Crippen molar-refractivity contribution < 1.29 is 13.9 Å². The first-order valence-electron chi connectivity index (χ1n) is 14.3. The van der Waals surface area contributed by atoms with Gasteiger partial charge in [0.1, 0.15) is 11.6 Å². The summed E-state index contributed by atoms with van der Waals surface area (Å²) in [5.41, 5.74) is 6.38. The first kappa shape index (κ1) is 29.5. The van der Waals surface area contributed by atoms with Gasteiger partial charge in [-0.1, -0.05) is 98.1 Å². The standard InChI is InChI=1S/C37H36FNO2/c1-3-4-10-28-13-16-30(17-14-28)31-20-24-34(25-21-31)41-37(40)12-9-7-5-6-8-11-29-15-26-35(36(38)27-29)32-18-22-33(39-2)23-19-32/h3,13-27H,1,4-12H2. The van der Waals surface area contributed by atoms with Crippen LogP contribution in [0.2, 0.25) is 0 Å². The molecule has 0 aliphatic carbocycles. The molecule has 0 aliphatic heterocycles. The first-order valence-corrected chi connectivity index (χ1v) is 14.3. The fraction of sp³-hybridized carbons (Fsp3) is 0.243. The van der Waals surface area contributed by atoms with E-state index in [1.807, 2.05) is 42.5 Å². The number of allylic oxidation sites excluding steroid dienone is 1. The fourth-order valence-corrected chi connectivity index (χ4v) is 4.82. The van der Waals surface area contributed by atoms with Crippen LogP contribution < -0.4 is 4.74 Å². The van der Waals surface area contributed by atoms with Crippen LogP contribution in [-0.2, 0) is 17.6 Å². The van der Waals surface area contributed by atoms with Crippen LogP contribution in [0, 0.1) is 12.4 Å². The van der Waals surface area contributed by atoms with Gasteiger partial charge < -0.3 is 4.74 Å². The minimum atomic E-state index is -0.236. The SMILES string of the molecule is [C-]#[N+]c1ccc(-c2ccc(CCCCCCCC(=O)Oc3ccc(-c4ccc(CCC=C)cc4)cc3)cc2F)cc1. The van der Waals surface area contributed by atoms with E-state index in [4.69, 9.17) is 11.3 Å². The molecule has 0 saturated heterocycles. The number of nitrogens with zero attached hydrogens (tertiary/aromatic N) is 1. The molecule has 4 heteroatoms. The third-order valence-corrected chi connectivity index (χ3v) is 7.20. The summed E-state index contributed by atoms with van der Waals surface area (Å²) in [7, 11) is 0. The van der Waals surface area contributed by atoms with Crippen molar-refractivity contribution in [1.82, 2.24) is 0 Å². The molecular weight excluding hydrogens is 509 g/mol. The van der Waals surface area contributed by atoms with Gasteiger partial charge in [-0.25, -0.2) is 9.24 Å². The molecule has 0 aliphatic rings. The Morgan fingerprint density at radius 2 is 1.37 bits per heavy atom. The molecule has 0 unspecified atom stereocenters. The summed E-state index contributed by atoms with van der Waals surface area (Å²) in [4.78, 5) is 15.7. The molecule has 4 aromatic rings. The van der Waals surface area contributed by atoms with Crippen molar-refractivity contribution in [2.45, 2.75) is 57.8 Å². The smallest absolute Gasteiger partial charge is 0.311 e. The van der Waals surface area contributed by atoms with E-state index in [0.29, 0.717) is 23.4 Å². The average Bonchev–Trinajstić information content (AvgIpc) is 3.00. The number of halogens is 1. The Morgan fingerprint density at radius 1 is 0.756 bits per heavy atom. The van der Waals surface area contributed by atoms with Crippen LogP contribution in [0.5, 0.6) is 5.75 Å². The highest BCUT2D eigenvalue weighted by Crippen LogP contribution is 2.27. The average molecular weight is 546 g/mol. The predicted molar refractivity (Wildman–Crippen MR) is 166 cm³/mol. The minimum absolute atomic E-state index is 0.205. The second-order valence-corrected chi connectivity index (χ2v) is 10.3. The van der Waals surface area contributed by atoms with Gasteiger partial charge in [-0.15, -0.1) is 6.58 Å². The number of carbonyl (C=O) groups is 1. The molecule has 0 heterocycles. The van der Waals surface area contributed by atoms with Crippen molar-refractivity contribution in [1.29, 1.82) is 0 Å². The van der Waals surface area contributed by atoms with Gasteiger partial charge in [-0.2, -0.15) is 0 Å². The number of esters is 1. The summed E-state index contributed by atoms with van der Waals surface area (Å²) in [6.07, 6.45) is 9.93. The molecule has 4 rings (SSSR count). The Bertz CT molecular complexity index is 1470. The van der Waals surface area contributed by atoms with Gasteiger partial charge in [0.25, 0.3) is 0 Å².